The smallest absolute Gasteiger partial charge is 0.236 e. The maximum Gasteiger partial charge on any atom is 0.236 e. The zero-order valence-corrected chi connectivity index (χ0v) is 11.4. The topological polar surface area (TPSA) is 54.7 Å². The maximum atomic E-state index is 12.1. The summed E-state index contributed by atoms with van der Waals surface area (Å²) in [5, 5.41) is 3.21. The SMILES string of the molecule is COC[C@H](NCC(=O)N1CCCCC1)c1ccco1. The molecule has 5 heteroatoms. The first-order valence-corrected chi connectivity index (χ1v) is 6.84. The number of methoxy groups -OCH3 is 1. The second-order valence-corrected chi connectivity index (χ2v) is 4.85. The normalized spacial score (nSPS) is 17.4. The fraction of sp³-hybridized carbons (Fsp3) is 0.643. The zero-order chi connectivity index (χ0) is 13.5. The molecule has 2 heterocycles. The third-order valence-corrected chi connectivity index (χ3v) is 3.43. The summed E-state index contributed by atoms with van der Waals surface area (Å²) in [6.45, 7) is 2.59. The van der Waals surface area contributed by atoms with Crippen LogP contribution in [0.15, 0.2) is 22.8 Å². The number of furan rings is 1. The average Bonchev–Trinajstić information content (AvgIpc) is 2.98. The van der Waals surface area contributed by atoms with Gasteiger partial charge in [0.1, 0.15) is 5.76 Å². The van der Waals surface area contributed by atoms with Gasteiger partial charge in [0.05, 0.1) is 25.5 Å². The molecule has 0 bridgehead atoms. The molecule has 5 nitrogen and oxygen atoms in total. The minimum absolute atomic E-state index is 0.0752. The molecule has 0 aliphatic carbocycles. The summed E-state index contributed by atoms with van der Waals surface area (Å²) >= 11 is 0. The van der Waals surface area contributed by atoms with E-state index in [1.54, 1.807) is 13.4 Å². The van der Waals surface area contributed by atoms with Crippen molar-refractivity contribution in [3.8, 4) is 0 Å². The van der Waals surface area contributed by atoms with E-state index < -0.39 is 0 Å². The summed E-state index contributed by atoms with van der Waals surface area (Å²) in [5.41, 5.74) is 0. The summed E-state index contributed by atoms with van der Waals surface area (Å²) in [6, 6.07) is 3.66. The van der Waals surface area contributed by atoms with Gasteiger partial charge in [-0.25, -0.2) is 0 Å². The van der Waals surface area contributed by atoms with Crippen LogP contribution in [-0.2, 0) is 9.53 Å². The van der Waals surface area contributed by atoms with Gasteiger partial charge < -0.3 is 14.1 Å². The Morgan fingerprint density at radius 2 is 2.26 bits per heavy atom. The summed E-state index contributed by atoms with van der Waals surface area (Å²) in [6.07, 6.45) is 5.10. The number of nitrogens with one attached hydrogen (secondary N) is 1. The highest BCUT2D eigenvalue weighted by atomic mass is 16.5. The van der Waals surface area contributed by atoms with E-state index >= 15 is 0 Å². The van der Waals surface area contributed by atoms with Crippen LogP contribution in [0.1, 0.15) is 31.1 Å². The van der Waals surface area contributed by atoms with Crippen LogP contribution in [0.2, 0.25) is 0 Å². The van der Waals surface area contributed by atoms with Gasteiger partial charge in [0.2, 0.25) is 5.91 Å². The minimum Gasteiger partial charge on any atom is -0.468 e. The first-order chi connectivity index (χ1) is 9.31. The Hall–Kier alpha value is -1.33. The molecular weight excluding hydrogens is 244 g/mol. The number of amides is 1. The predicted molar refractivity (Wildman–Crippen MR) is 71.8 cm³/mol. The molecule has 1 atom stereocenters. The maximum absolute atomic E-state index is 12.1. The van der Waals surface area contributed by atoms with Crippen molar-refractivity contribution in [2.24, 2.45) is 0 Å². The highest BCUT2D eigenvalue weighted by molar-refractivity contribution is 5.78. The number of carbonyl (C=O) groups is 1. The van der Waals surface area contributed by atoms with E-state index in [1.807, 2.05) is 17.0 Å². The summed E-state index contributed by atoms with van der Waals surface area (Å²) < 4.78 is 10.5. The molecule has 1 fully saturated rings. The molecule has 0 saturated carbocycles. The van der Waals surface area contributed by atoms with E-state index in [0.29, 0.717) is 13.2 Å². The Labute approximate surface area is 113 Å². The van der Waals surface area contributed by atoms with E-state index in [2.05, 4.69) is 5.32 Å². The predicted octanol–water partition coefficient (Wildman–Crippen LogP) is 1.57. The largest absolute Gasteiger partial charge is 0.468 e. The molecule has 2 rings (SSSR count). The lowest BCUT2D eigenvalue weighted by atomic mass is 10.1. The molecular formula is C14H22N2O3. The van der Waals surface area contributed by atoms with E-state index in [-0.39, 0.29) is 11.9 Å². The second-order valence-electron chi connectivity index (χ2n) is 4.85. The number of hydrogen-bond acceptors (Lipinski definition) is 4. The first kappa shape index (κ1) is 14.1. The second kappa shape index (κ2) is 7.31. The molecule has 1 amide bonds. The molecule has 1 N–H and O–H groups in total. The van der Waals surface area contributed by atoms with Crippen LogP contribution in [-0.4, -0.2) is 44.2 Å². The lowest BCUT2D eigenvalue weighted by Gasteiger charge is -2.27. The van der Waals surface area contributed by atoms with Gasteiger partial charge in [-0.05, 0) is 31.4 Å². The van der Waals surface area contributed by atoms with Crippen LogP contribution in [0.3, 0.4) is 0 Å². The Morgan fingerprint density at radius 3 is 2.89 bits per heavy atom. The van der Waals surface area contributed by atoms with Gasteiger partial charge >= 0.3 is 0 Å². The van der Waals surface area contributed by atoms with Crippen molar-refractivity contribution in [3.05, 3.63) is 24.2 Å². The van der Waals surface area contributed by atoms with Crippen LogP contribution in [0.25, 0.3) is 0 Å². The van der Waals surface area contributed by atoms with Crippen LogP contribution in [0, 0.1) is 0 Å². The Morgan fingerprint density at radius 1 is 1.47 bits per heavy atom. The number of nitrogens with zero attached hydrogens (tertiary/aromatic N) is 1. The van der Waals surface area contributed by atoms with Gasteiger partial charge in [0, 0.05) is 20.2 Å². The van der Waals surface area contributed by atoms with Gasteiger partial charge in [-0.2, -0.15) is 0 Å². The lowest BCUT2D eigenvalue weighted by Crippen LogP contribution is -2.42. The number of ether oxygens (including phenoxy) is 1. The number of hydrogen-bond donors (Lipinski definition) is 1. The molecule has 0 aromatic carbocycles. The third kappa shape index (κ3) is 4.08. The number of likely N-dealkylation sites (tertiary alicyclic amines) is 1. The highest BCUT2D eigenvalue weighted by Gasteiger charge is 2.19. The third-order valence-electron chi connectivity index (χ3n) is 3.43. The van der Waals surface area contributed by atoms with Crippen molar-refractivity contribution >= 4 is 5.91 Å². The van der Waals surface area contributed by atoms with Crippen LogP contribution >= 0.6 is 0 Å². The molecule has 106 valence electrons. The molecule has 1 aliphatic rings. The van der Waals surface area contributed by atoms with Crippen molar-refractivity contribution < 1.29 is 13.9 Å². The number of rotatable bonds is 6. The quantitative estimate of drug-likeness (QED) is 0.849. The molecule has 1 aromatic rings. The van der Waals surface area contributed by atoms with Crippen LogP contribution < -0.4 is 5.32 Å². The molecule has 1 aliphatic heterocycles. The number of carbonyl (C=O) groups excluding carboxylic acids is 1. The summed E-state index contributed by atoms with van der Waals surface area (Å²) in [5.74, 6) is 0.959. The molecule has 0 radical (unpaired) electrons. The van der Waals surface area contributed by atoms with E-state index in [0.717, 1.165) is 31.7 Å². The van der Waals surface area contributed by atoms with Crippen molar-refractivity contribution in [1.29, 1.82) is 0 Å². The van der Waals surface area contributed by atoms with Crippen LogP contribution in [0.5, 0.6) is 0 Å². The molecule has 19 heavy (non-hydrogen) atoms. The lowest BCUT2D eigenvalue weighted by molar-refractivity contribution is -0.131. The first-order valence-electron chi connectivity index (χ1n) is 6.84. The fourth-order valence-electron chi connectivity index (χ4n) is 2.36. The molecule has 0 unspecified atom stereocenters. The highest BCUT2D eigenvalue weighted by Crippen LogP contribution is 2.14. The average molecular weight is 266 g/mol. The minimum atomic E-state index is -0.0752. The zero-order valence-electron chi connectivity index (χ0n) is 11.4. The Kier molecular flexibility index (Phi) is 5.42. The Bertz CT molecular complexity index is 372. The van der Waals surface area contributed by atoms with Crippen molar-refractivity contribution in [2.45, 2.75) is 25.3 Å². The fourth-order valence-corrected chi connectivity index (χ4v) is 2.36. The van der Waals surface area contributed by atoms with E-state index in [9.17, 15) is 4.79 Å². The molecule has 1 saturated heterocycles. The van der Waals surface area contributed by atoms with Gasteiger partial charge in [0.15, 0.2) is 0 Å². The van der Waals surface area contributed by atoms with Gasteiger partial charge in [0.25, 0.3) is 0 Å². The summed E-state index contributed by atoms with van der Waals surface area (Å²) in [4.78, 5) is 14.0. The van der Waals surface area contributed by atoms with Crippen molar-refractivity contribution in [2.75, 3.05) is 33.4 Å². The van der Waals surface area contributed by atoms with E-state index in [4.69, 9.17) is 9.15 Å². The number of piperidine rings is 1. The summed E-state index contributed by atoms with van der Waals surface area (Å²) in [7, 11) is 1.64. The standard InChI is InChI=1S/C14H22N2O3/c1-18-11-12(13-6-5-9-19-13)15-10-14(17)16-7-3-2-4-8-16/h5-6,9,12,15H,2-4,7-8,10-11H2,1H3/t12-/m0/s1. The molecule has 0 spiro atoms. The van der Waals surface area contributed by atoms with Gasteiger partial charge in [-0.3, -0.25) is 10.1 Å². The van der Waals surface area contributed by atoms with Gasteiger partial charge in [-0.1, -0.05) is 0 Å². The van der Waals surface area contributed by atoms with Crippen molar-refractivity contribution in [3.63, 3.8) is 0 Å². The monoisotopic (exact) mass is 266 g/mol. The van der Waals surface area contributed by atoms with Crippen molar-refractivity contribution in [1.82, 2.24) is 10.2 Å². The Balaban J connectivity index is 1.82. The van der Waals surface area contributed by atoms with E-state index in [1.165, 1.54) is 6.42 Å². The van der Waals surface area contributed by atoms with Crippen LogP contribution in [0.4, 0.5) is 0 Å². The molecule has 1 aromatic heterocycles. The van der Waals surface area contributed by atoms with Gasteiger partial charge in [-0.15, -0.1) is 0 Å².